The Morgan fingerprint density at radius 2 is 2.04 bits per heavy atom. The Balaban J connectivity index is 1.86. The number of aromatic amines is 1. The molecule has 1 aromatic carbocycles. The minimum Gasteiger partial charge on any atom is -0.308 e. The summed E-state index contributed by atoms with van der Waals surface area (Å²) in [7, 11) is 0. The van der Waals surface area contributed by atoms with Gasteiger partial charge in [-0.15, -0.1) is 11.8 Å². The highest BCUT2D eigenvalue weighted by molar-refractivity contribution is 7.98. The van der Waals surface area contributed by atoms with Crippen LogP contribution in [0.4, 0.5) is 16.2 Å². The van der Waals surface area contributed by atoms with Crippen LogP contribution in [0.1, 0.15) is 11.5 Å². The van der Waals surface area contributed by atoms with Gasteiger partial charge in [-0.05, 0) is 38.3 Å². The molecule has 3 rings (SSSR count). The van der Waals surface area contributed by atoms with Gasteiger partial charge in [0.25, 0.3) is 11.3 Å². The standard InChI is InChI=1S/C15H16N6O2S/c1-8-12(13(22)21-14(16-8)17-9(2)20-21)19-15(23)18-10-5-4-6-11(7-10)24-3/h4-7H,1-3H3,(H,16,17,20)(H2,18,19,23). The predicted octanol–water partition coefficient (Wildman–Crippen LogP) is 2.40. The number of aryl methyl sites for hydroxylation is 2. The fraction of sp³-hybridized carbons (Fsp3) is 0.200. The normalized spacial score (nSPS) is 10.8. The summed E-state index contributed by atoms with van der Waals surface area (Å²) in [6, 6.07) is 6.92. The van der Waals surface area contributed by atoms with E-state index < -0.39 is 11.6 Å². The van der Waals surface area contributed by atoms with Gasteiger partial charge in [0, 0.05) is 10.6 Å². The van der Waals surface area contributed by atoms with E-state index in [1.807, 2.05) is 24.5 Å². The maximum atomic E-state index is 12.5. The number of carbonyl (C=O) groups excluding carboxylic acids is 1. The third-order valence-corrected chi connectivity index (χ3v) is 4.08. The maximum Gasteiger partial charge on any atom is 0.323 e. The highest BCUT2D eigenvalue weighted by atomic mass is 32.2. The molecule has 0 radical (unpaired) electrons. The molecule has 2 heterocycles. The number of rotatable bonds is 3. The number of urea groups is 1. The van der Waals surface area contributed by atoms with Gasteiger partial charge in [0.1, 0.15) is 11.5 Å². The zero-order valence-corrected chi connectivity index (χ0v) is 14.2. The fourth-order valence-corrected chi connectivity index (χ4v) is 2.71. The topological polar surface area (TPSA) is 104 Å². The van der Waals surface area contributed by atoms with Gasteiger partial charge < -0.3 is 10.6 Å². The van der Waals surface area contributed by atoms with Gasteiger partial charge in [-0.2, -0.15) is 9.50 Å². The van der Waals surface area contributed by atoms with Crippen LogP contribution in [0.2, 0.25) is 0 Å². The fourth-order valence-electron chi connectivity index (χ4n) is 2.25. The Morgan fingerprint density at radius 3 is 2.79 bits per heavy atom. The van der Waals surface area contributed by atoms with Gasteiger partial charge in [-0.1, -0.05) is 6.07 Å². The first-order valence-electron chi connectivity index (χ1n) is 7.16. The van der Waals surface area contributed by atoms with Crippen molar-refractivity contribution in [3.63, 3.8) is 0 Å². The number of thioether (sulfide) groups is 1. The third kappa shape index (κ3) is 3.11. The Bertz CT molecular complexity index is 978. The minimum atomic E-state index is -0.508. The van der Waals surface area contributed by atoms with E-state index in [1.165, 1.54) is 4.52 Å². The summed E-state index contributed by atoms with van der Waals surface area (Å²) in [5.41, 5.74) is 0.740. The van der Waals surface area contributed by atoms with Crippen molar-refractivity contribution < 1.29 is 4.79 Å². The molecule has 0 bridgehead atoms. The lowest BCUT2D eigenvalue weighted by molar-refractivity contribution is 0.262. The van der Waals surface area contributed by atoms with Crippen molar-refractivity contribution in [1.82, 2.24) is 19.6 Å². The van der Waals surface area contributed by atoms with Gasteiger partial charge in [0.15, 0.2) is 0 Å². The number of carbonyl (C=O) groups is 1. The molecule has 9 heteroatoms. The lowest BCUT2D eigenvalue weighted by Crippen LogP contribution is -2.28. The number of hydrogen-bond donors (Lipinski definition) is 3. The van der Waals surface area contributed by atoms with Crippen molar-refractivity contribution in [2.75, 3.05) is 16.9 Å². The molecule has 8 nitrogen and oxygen atoms in total. The van der Waals surface area contributed by atoms with E-state index in [-0.39, 0.29) is 11.5 Å². The predicted molar refractivity (Wildman–Crippen MR) is 93.9 cm³/mol. The minimum absolute atomic E-state index is 0.106. The Labute approximate surface area is 141 Å². The first kappa shape index (κ1) is 16.1. The van der Waals surface area contributed by atoms with Crippen LogP contribution in [0.5, 0.6) is 0 Å². The summed E-state index contributed by atoms with van der Waals surface area (Å²) in [5.74, 6) is 0.836. The second kappa shape index (κ2) is 6.36. The number of nitrogens with zero attached hydrogens (tertiary/aromatic N) is 3. The third-order valence-electron chi connectivity index (χ3n) is 3.35. The summed E-state index contributed by atoms with van der Waals surface area (Å²) in [5, 5.41) is 8.06. The van der Waals surface area contributed by atoms with E-state index in [0.29, 0.717) is 17.2 Å². The number of hydrogen-bond acceptors (Lipinski definition) is 5. The molecule has 0 spiro atoms. The number of benzene rings is 1. The van der Waals surface area contributed by atoms with Crippen LogP contribution in [0.15, 0.2) is 34.0 Å². The van der Waals surface area contributed by atoms with E-state index in [0.717, 1.165) is 4.90 Å². The van der Waals surface area contributed by atoms with Crippen LogP contribution in [0.3, 0.4) is 0 Å². The smallest absolute Gasteiger partial charge is 0.308 e. The molecule has 24 heavy (non-hydrogen) atoms. The molecule has 2 aromatic heterocycles. The van der Waals surface area contributed by atoms with E-state index in [2.05, 4.69) is 25.7 Å². The largest absolute Gasteiger partial charge is 0.323 e. The maximum absolute atomic E-state index is 12.5. The molecule has 0 saturated heterocycles. The molecule has 0 fully saturated rings. The summed E-state index contributed by atoms with van der Waals surface area (Å²) in [6.45, 7) is 3.37. The Hall–Kier alpha value is -2.81. The van der Waals surface area contributed by atoms with Crippen LogP contribution < -0.4 is 16.2 Å². The number of H-pyrrole nitrogens is 1. The zero-order valence-electron chi connectivity index (χ0n) is 13.4. The van der Waals surface area contributed by atoms with Crippen molar-refractivity contribution in [3.8, 4) is 0 Å². The molecular weight excluding hydrogens is 328 g/mol. The Morgan fingerprint density at radius 1 is 1.25 bits per heavy atom. The molecule has 2 amide bonds. The van der Waals surface area contributed by atoms with Gasteiger partial charge in [0.05, 0.1) is 5.69 Å². The number of amides is 2. The molecule has 3 N–H and O–H groups in total. The number of aromatic nitrogens is 4. The molecule has 3 aromatic rings. The first-order chi connectivity index (χ1) is 11.5. The molecule has 0 atom stereocenters. The van der Waals surface area contributed by atoms with Crippen LogP contribution in [0.25, 0.3) is 5.78 Å². The average molecular weight is 344 g/mol. The lowest BCUT2D eigenvalue weighted by atomic mass is 10.3. The number of nitrogens with one attached hydrogen (secondary N) is 3. The quantitative estimate of drug-likeness (QED) is 0.633. The molecule has 0 aliphatic heterocycles. The Kier molecular flexibility index (Phi) is 4.26. The number of anilines is 2. The van der Waals surface area contributed by atoms with Crippen LogP contribution in [-0.4, -0.2) is 31.9 Å². The zero-order chi connectivity index (χ0) is 17.3. The molecule has 0 aliphatic carbocycles. The monoisotopic (exact) mass is 344 g/mol. The highest BCUT2D eigenvalue weighted by Gasteiger charge is 2.14. The lowest BCUT2D eigenvalue weighted by Gasteiger charge is -2.09. The molecule has 0 unspecified atom stereocenters. The molecule has 124 valence electrons. The SMILES string of the molecule is CSc1cccc(NC(=O)Nc2c(C)nc3nc(C)[nH]n3c2=O)c1. The van der Waals surface area contributed by atoms with Gasteiger partial charge in [-0.3, -0.25) is 9.89 Å². The van der Waals surface area contributed by atoms with E-state index >= 15 is 0 Å². The summed E-state index contributed by atoms with van der Waals surface area (Å²) in [6.07, 6.45) is 1.96. The summed E-state index contributed by atoms with van der Waals surface area (Å²) in [4.78, 5) is 34.0. The van der Waals surface area contributed by atoms with E-state index in [1.54, 1.807) is 31.7 Å². The second-order valence-electron chi connectivity index (χ2n) is 5.13. The van der Waals surface area contributed by atoms with Crippen molar-refractivity contribution in [3.05, 3.63) is 46.1 Å². The van der Waals surface area contributed by atoms with Crippen molar-refractivity contribution >= 4 is 34.9 Å². The first-order valence-corrected chi connectivity index (χ1v) is 8.38. The molecular formula is C15H16N6O2S. The number of fused-ring (bicyclic) bond motifs is 1. The van der Waals surface area contributed by atoms with E-state index in [4.69, 9.17) is 0 Å². The second-order valence-corrected chi connectivity index (χ2v) is 6.01. The molecule has 0 saturated carbocycles. The van der Waals surface area contributed by atoms with Gasteiger partial charge >= 0.3 is 6.03 Å². The summed E-state index contributed by atoms with van der Waals surface area (Å²) >= 11 is 1.58. The average Bonchev–Trinajstić information content (AvgIpc) is 2.92. The highest BCUT2D eigenvalue weighted by Crippen LogP contribution is 2.19. The summed E-state index contributed by atoms with van der Waals surface area (Å²) < 4.78 is 1.20. The van der Waals surface area contributed by atoms with Crippen LogP contribution in [-0.2, 0) is 0 Å². The van der Waals surface area contributed by atoms with Crippen LogP contribution in [0, 0.1) is 13.8 Å². The van der Waals surface area contributed by atoms with Crippen LogP contribution >= 0.6 is 11.8 Å². The van der Waals surface area contributed by atoms with Crippen molar-refractivity contribution in [2.45, 2.75) is 18.7 Å². The van der Waals surface area contributed by atoms with Gasteiger partial charge in [0.2, 0.25) is 0 Å². The van der Waals surface area contributed by atoms with Crippen molar-refractivity contribution in [1.29, 1.82) is 0 Å². The molecule has 0 aliphatic rings. The van der Waals surface area contributed by atoms with E-state index in [9.17, 15) is 9.59 Å². The van der Waals surface area contributed by atoms with Crippen molar-refractivity contribution in [2.24, 2.45) is 0 Å². The van der Waals surface area contributed by atoms with Gasteiger partial charge in [-0.25, -0.2) is 9.78 Å².